The third-order valence-electron chi connectivity index (χ3n) is 4.20. The van der Waals surface area contributed by atoms with Gasteiger partial charge in [0, 0.05) is 5.39 Å². The Morgan fingerprint density at radius 2 is 1.56 bits per heavy atom. The van der Waals surface area contributed by atoms with Crippen LogP contribution in [-0.2, 0) is 12.4 Å². The third-order valence-corrected chi connectivity index (χ3v) is 4.20. The maximum absolute atomic E-state index is 13.3. The Kier molecular flexibility index (Phi) is 6.62. The van der Waals surface area contributed by atoms with Gasteiger partial charge in [-0.2, -0.15) is 49.0 Å². The molecule has 182 valence electrons. The summed E-state index contributed by atoms with van der Waals surface area (Å²) in [6, 6.07) is 7.34. The summed E-state index contributed by atoms with van der Waals surface area (Å²) < 4.78 is 134. The smallest absolute Gasteiger partial charge is 0.428 e. The van der Waals surface area contributed by atoms with Gasteiger partial charge in [0.2, 0.25) is 0 Å². The van der Waals surface area contributed by atoms with E-state index in [-0.39, 0.29) is 10.9 Å². The fourth-order valence-corrected chi connectivity index (χ4v) is 2.75. The highest BCUT2D eigenvalue weighted by molar-refractivity contribution is 5.94. The second-order valence-electron chi connectivity index (χ2n) is 6.66. The van der Waals surface area contributed by atoms with E-state index >= 15 is 0 Å². The lowest BCUT2D eigenvalue weighted by Gasteiger charge is -2.16. The number of pyridine rings is 1. The van der Waals surface area contributed by atoms with Crippen molar-refractivity contribution in [3.8, 4) is 5.75 Å². The molecule has 2 aromatic carbocycles. The van der Waals surface area contributed by atoms with E-state index < -0.39 is 53.1 Å². The average molecular weight is 499 g/mol. The average Bonchev–Trinajstić information content (AvgIpc) is 2.71. The lowest BCUT2D eigenvalue weighted by Crippen LogP contribution is -2.33. The molecule has 1 N–H and O–H groups in total. The molecule has 0 atom stereocenters. The number of hydrogen-bond donors (Lipinski definition) is 1. The number of alkyl halides is 10. The zero-order valence-electron chi connectivity index (χ0n) is 16.4. The minimum Gasteiger partial charge on any atom is -0.428 e. The van der Waals surface area contributed by atoms with Crippen molar-refractivity contribution in [1.29, 1.82) is 0 Å². The Morgan fingerprint density at radius 3 is 2.18 bits per heavy atom. The first-order chi connectivity index (χ1) is 15.7. The van der Waals surface area contributed by atoms with Crippen LogP contribution in [0.4, 0.5) is 49.6 Å². The van der Waals surface area contributed by atoms with Crippen molar-refractivity contribution in [2.24, 2.45) is 5.10 Å². The lowest BCUT2D eigenvalue weighted by atomic mass is 10.1. The highest BCUT2D eigenvalue weighted by Gasteiger charge is 2.44. The van der Waals surface area contributed by atoms with Gasteiger partial charge in [0.15, 0.2) is 0 Å². The van der Waals surface area contributed by atoms with E-state index in [1.54, 1.807) is 0 Å². The van der Waals surface area contributed by atoms with Crippen molar-refractivity contribution >= 4 is 22.8 Å². The zero-order valence-corrected chi connectivity index (χ0v) is 16.4. The summed E-state index contributed by atoms with van der Waals surface area (Å²) in [6.45, 7) is 0. The summed E-state index contributed by atoms with van der Waals surface area (Å²) in [5, 5.41) is 3.28. The van der Waals surface area contributed by atoms with E-state index in [1.807, 2.05) is 0 Å². The van der Waals surface area contributed by atoms with Crippen LogP contribution in [0.1, 0.15) is 16.8 Å². The second-order valence-corrected chi connectivity index (χ2v) is 6.66. The van der Waals surface area contributed by atoms with Crippen molar-refractivity contribution in [2.75, 3.05) is 5.43 Å². The van der Waals surface area contributed by atoms with Crippen LogP contribution in [-0.4, -0.2) is 23.7 Å². The number of nitrogens with zero attached hydrogens (tertiary/aromatic N) is 2. The van der Waals surface area contributed by atoms with Gasteiger partial charge in [0.25, 0.3) is 0 Å². The molecule has 0 radical (unpaired) electrons. The van der Waals surface area contributed by atoms with Crippen LogP contribution in [0.3, 0.4) is 0 Å². The number of fused-ring (bicyclic) bond motifs is 1. The van der Waals surface area contributed by atoms with Gasteiger partial charge in [-0.3, -0.25) is 5.43 Å². The molecule has 0 amide bonds. The Morgan fingerprint density at radius 1 is 0.882 bits per heavy atom. The minimum absolute atomic E-state index is 0.000420. The van der Waals surface area contributed by atoms with Crippen LogP contribution in [0.25, 0.3) is 10.9 Å². The van der Waals surface area contributed by atoms with Gasteiger partial charge in [0.1, 0.15) is 11.4 Å². The van der Waals surface area contributed by atoms with Crippen LogP contribution in [0.5, 0.6) is 5.75 Å². The number of hydrogen-bond acceptors (Lipinski definition) is 4. The summed E-state index contributed by atoms with van der Waals surface area (Å²) in [7, 11) is 0. The standard InChI is InChI=1S/C20H11F10N3O/c21-17(22)20(29,30)34-11-4-1-3-10(7-11)9-31-33-14-8-15(19(26,27)28)32-16-12(14)5-2-6-13(16)18(23,24)25/h1-9,17H,(H,32,33)/b31-9+. The van der Waals surface area contributed by atoms with Crippen LogP contribution in [0, 0.1) is 0 Å². The molecule has 3 aromatic rings. The van der Waals surface area contributed by atoms with Gasteiger partial charge < -0.3 is 4.74 Å². The number of para-hydroxylation sites is 1. The molecule has 1 heterocycles. The number of anilines is 1. The maximum Gasteiger partial charge on any atom is 0.461 e. The van der Waals surface area contributed by atoms with E-state index in [0.717, 1.165) is 36.5 Å². The van der Waals surface area contributed by atoms with Gasteiger partial charge in [-0.1, -0.05) is 24.3 Å². The maximum atomic E-state index is 13.3. The van der Waals surface area contributed by atoms with E-state index in [1.165, 1.54) is 6.07 Å². The van der Waals surface area contributed by atoms with Crippen molar-refractivity contribution in [3.05, 3.63) is 65.4 Å². The molecule has 0 aliphatic rings. The molecule has 0 saturated heterocycles. The number of nitrogens with one attached hydrogen (secondary N) is 1. The van der Waals surface area contributed by atoms with E-state index in [2.05, 4.69) is 20.2 Å². The number of hydrazone groups is 1. The van der Waals surface area contributed by atoms with E-state index in [4.69, 9.17) is 0 Å². The predicted octanol–water partition coefficient (Wildman–Crippen LogP) is 6.96. The zero-order chi connectivity index (χ0) is 25.3. The summed E-state index contributed by atoms with van der Waals surface area (Å²) in [4.78, 5) is 3.11. The molecule has 4 nitrogen and oxygen atoms in total. The molecular formula is C20H11F10N3O. The predicted molar refractivity (Wildman–Crippen MR) is 101 cm³/mol. The number of halogens is 10. The fraction of sp³-hybridized carbons (Fsp3) is 0.200. The number of benzene rings is 2. The highest BCUT2D eigenvalue weighted by Crippen LogP contribution is 2.39. The van der Waals surface area contributed by atoms with Gasteiger partial charge in [-0.15, -0.1) is 0 Å². The molecule has 0 aliphatic carbocycles. The first-order valence-electron chi connectivity index (χ1n) is 9.01. The monoisotopic (exact) mass is 499 g/mol. The van der Waals surface area contributed by atoms with Crippen LogP contribution in [0.2, 0.25) is 0 Å². The molecular weight excluding hydrogens is 488 g/mol. The molecule has 0 saturated carbocycles. The Labute approximate surface area is 183 Å². The lowest BCUT2D eigenvalue weighted by molar-refractivity contribution is -0.253. The van der Waals surface area contributed by atoms with Gasteiger partial charge in [-0.05, 0) is 29.8 Å². The Balaban J connectivity index is 1.96. The Hall–Kier alpha value is -3.58. The molecule has 3 rings (SSSR count). The van der Waals surface area contributed by atoms with Gasteiger partial charge >= 0.3 is 24.9 Å². The van der Waals surface area contributed by atoms with E-state index in [0.29, 0.717) is 12.1 Å². The van der Waals surface area contributed by atoms with Crippen molar-refractivity contribution in [3.63, 3.8) is 0 Å². The summed E-state index contributed by atoms with van der Waals surface area (Å²) in [5.74, 6) is -0.655. The van der Waals surface area contributed by atoms with Crippen molar-refractivity contribution in [1.82, 2.24) is 4.98 Å². The number of ether oxygens (including phenoxy) is 1. The minimum atomic E-state index is -5.07. The van der Waals surface area contributed by atoms with Crippen LogP contribution >= 0.6 is 0 Å². The summed E-state index contributed by atoms with van der Waals surface area (Å²) in [5.41, 5.74) is -2.28. The molecule has 0 aliphatic heterocycles. The topological polar surface area (TPSA) is 46.5 Å². The molecule has 0 unspecified atom stereocenters. The largest absolute Gasteiger partial charge is 0.461 e. The quantitative estimate of drug-likeness (QED) is 0.227. The molecule has 0 bridgehead atoms. The molecule has 0 spiro atoms. The molecule has 0 fully saturated rings. The first kappa shape index (κ1) is 25.1. The van der Waals surface area contributed by atoms with Crippen molar-refractivity contribution < 1.29 is 48.6 Å². The summed E-state index contributed by atoms with van der Waals surface area (Å²) in [6.07, 6.45) is -18.0. The molecule has 14 heteroatoms. The third kappa shape index (κ3) is 5.66. The van der Waals surface area contributed by atoms with Crippen LogP contribution < -0.4 is 10.2 Å². The van der Waals surface area contributed by atoms with Crippen LogP contribution in [0.15, 0.2) is 53.6 Å². The number of rotatable bonds is 6. The normalized spacial score (nSPS) is 13.1. The SMILES string of the molecule is FC(F)C(F)(F)Oc1cccc(/C=N/Nc2cc(C(F)(F)F)nc3c(C(F)(F)F)cccc23)c1. The first-order valence-corrected chi connectivity index (χ1v) is 9.01. The second kappa shape index (κ2) is 8.99. The fourth-order valence-electron chi connectivity index (χ4n) is 2.75. The Bertz CT molecular complexity index is 1210. The molecule has 34 heavy (non-hydrogen) atoms. The van der Waals surface area contributed by atoms with Gasteiger partial charge in [-0.25, -0.2) is 4.98 Å². The van der Waals surface area contributed by atoms with E-state index in [9.17, 15) is 43.9 Å². The highest BCUT2D eigenvalue weighted by atomic mass is 19.4. The van der Waals surface area contributed by atoms with Crippen molar-refractivity contribution in [2.45, 2.75) is 24.9 Å². The summed E-state index contributed by atoms with van der Waals surface area (Å²) >= 11 is 0. The van der Waals surface area contributed by atoms with Gasteiger partial charge in [0.05, 0.1) is 23.0 Å². The molecule has 1 aromatic heterocycles. The number of aromatic nitrogens is 1.